The van der Waals surface area contributed by atoms with Gasteiger partial charge in [-0.1, -0.05) is 12.1 Å². The number of anilines is 1. The summed E-state index contributed by atoms with van der Waals surface area (Å²) in [5.41, 5.74) is 3.85. The fraction of sp³-hybridized carbons (Fsp3) is 0.0526. The highest BCUT2D eigenvalue weighted by Gasteiger charge is 2.22. The van der Waals surface area contributed by atoms with Gasteiger partial charge < -0.3 is 5.32 Å². The lowest BCUT2D eigenvalue weighted by atomic mass is 10.1. The lowest BCUT2D eigenvalue weighted by molar-refractivity contribution is -0.377. The van der Waals surface area contributed by atoms with Crippen molar-refractivity contribution < 1.29 is 9.97 Å². The summed E-state index contributed by atoms with van der Waals surface area (Å²) in [6.45, 7) is 1.79. The molecule has 3 heterocycles. The number of pyridine rings is 2. The molecular formula is C19H15N5O+2. The third-order valence-corrected chi connectivity index (χ3v) is 4.27. The Hall–Kier alpha value is -3.72. The number of fused-ring (bicyclic) bond motifs is 3. The van der Waals surface area contributed by atoms with Crippen molar-refractivity contribution in [3.05, 3.63) is 75.5 Å². The molecule has 25 heavy (non-hydrogen) atoms. The minimum absolute atomic E-state index is 0.170. The van der Waals surface area contributed by atoms with Crippen LogP contribution in [0.5, 0.6) is 0 Å². The van der Waals surface area contributed by atoms with Crippen LogP contribution in [0.15, 0.2) is 53.6 Å². The Bertz CT molecular complexity index is 1250. The van der Waals surface area contributed by atoms with Gasteiger partial charge in [0.25, 0.3) is 0 Å². The molecule has 0 fully saturated rings. The summed E-state index contributed by atoms with van der Waals surface area (Å²) in [5.74, 6) is 0. The van der Waals surface area contributed by atoms with E-state index in [1.165, 1.54) is 0 Å². The van der Waals surface area contributed by atoms with Crippen LogP contribution >= 0.6 is 0 Å². The SMILES string of the molecule is Cc1c(C#N)c2[nH+]c3ccccc3n2c(=O)c1=CNc1ccc[nH+]c1. The molecule has 0 atom stereocenters. The van der Waals surface area contributed by atoms with Crippen LogP contribution in [0.25, 0.3) is 22.9 Å². The molecule has 3 N–H and O–H groups in total. The molecule has 4 aromatic rings. The quantitative estimate of drug-likeness (QED) is 0.591. The number of aromatic nitrogens is 3. The van der Waals surface area contributed by atoms with Crippen molar-refractivity contribution in [1.82, 2.24) is 4.40 Å². The maximum Gasteiger partial charge on any atom is 0.348 e. The third-order valence-electron chi connectivity index (χ3n) is 4.27. The molecule has 120 valence electrons. The van der Waals surface area contributed by atoms with Crippen LogP contribution in [0.2, 0.25) is 0 Å². The summed E-state index contributed by atoms with van der Waals surface area (Å²) < 4.78 is 1.56. The van der Waals surface area contributed by atoms with E-state index in [2.05, 4.69) is 21.4 Å². The van der Waals surface area contributed by atoms with Crippen molar-refractivity contribution in [1.29, 1.82) is 5.26 Å². The van der Waals surface area contributed by atoms with E-state index >= 15 is 0 Å². The Balaban J connectivity index is 2.07. The number of hydrogen-bond donors (Lipinski definition) is 1. The van der Waals surface area contributed by atoms with Crippen molar-refractivity contribution >= 4 is 28.6 Å². The van der Waals surface area contributed by atoms with Gasteiger partial charge in [0.15, 0.2) is 23.4 Å². The summed E-state index contributed by atoms with van der Waals surface area (Å²) in [7, 11) is 0. The lowest BCUT2D eigenvalue weighted by Gasteiger charge is -1.99. The molecule has 6 heteroatoms. The van der Waals surface area contributed by atoms with Gasteiger partial charge in [-0.05, 0) is 30.7 Å². The minimum atomic E-state index is -0.170. The van der Waals surface area contributed by atoms with E-state index in [9.17, 15) is 10.1 Å². The number of nitrogens with one attached hydrogen (secondary N) is 3. The second-order valence-corrected chi connectivity index (χ2v) is 5.74. The normalized spacial score (nSPS) is 11.8. The molecule has 0 aliphatic carbocycles. The Morgan fingerprint density at radius 3 is 2.84 bits per heavy atom. The predicted octanol–water partition coefficient (Wildman–Crippen LogP) is 0.830. The van der Waals surface area contributed by atoms with Crippen LogP contribution in [-0.2, 0) is 0 Å². The number of nitriles is 1. The molecule has 0 aliphatic heterocycles. The minimum Gasteiger partial charge on any atom is -0.356 e. The maximum absolute atomic E-state index is 13.1. The molecule has 0 spiro atoms. The van der Waals surface area contributed by atoms with Gasteiger partial charge in [0.1, 0.15) is 17.3 Å². The van der Waals surface area contributed by atoms with Gasteiger partial charge in [-0.3, -0.25) is 0 Å². The molecular weight excluding hydrogens is 314 g/mol. The first-order valence-corrected chi connectivity index (χ1v) is 7.82. The highest BCUT2D eigenvalue weighted by molar-refractivity contribution is 5.77. The number of hydrogen-bond acceptors (Lipinski definition) is 3. The zero-order valence-corrected chi connectivity index (χ0v) is 13.5. The van der Waals surface area contributed by atoms with Crippen molar-refractivity contribution in [2.75, 3.05) is 5.32 Å². The lowest BCUT2D eigenvalue weighted by Crippen LogP contribution is -2.35. The van der Waals surface area contributed by atoms with Gasteiger partial charge in [-0.15, -0.1) is 0 Å². The van der Waals surface area contributed by atoms with E-state index in [4.69, 9.17) is 0 Å². The monoisotopic (exact) mass is 329 g/mol. The number of aromatic amines is 2. The van der Waals surface area contributed by atoms with Crippen molar-refractivity contribution in [2.45, 2.75) is 6.92 Å². The average molecular weight is 329 g/mol. The van der Waals surface area contributed by atoms with Gasteiger partial charge in [-0.2, -0.15) is 9.66 Å². The first kappa shape index (κ1) is 14.8. The Morgan fingerprint density at radius 2 is 2.08 bits per heavy atom. The van der Waals surface area contributed by atoms with Gasteiger partial charge in [0, 0.05) is 12.3 Å². The van der Waals surface area contributed by atoms with Crippen molar-refractivity contribution in [3.8, 4) is 6.07 Å². The second-order valence-electron chi connectivity index (χ2n) is 5.74. The zero-order chi connectivity index (χ0) is 17.4. The van der Waals surface area contributed by atoms with E-state index in [0.29, 0.717) is 22.0 Å². The highest BCUT2D eigenvalue weighted by atomic mass is 16.1. The largest absolute Gasteiger partial charge is 0.356 e. The number of rotatable bonds is 2. The van der Waals surface area contributed by atoms with Crippen LogP contribution in [-0.4, -0.2) is 4.40 Å². The van der Waals surface area contributed by atoms with Gasteiger partial charge >= 0.3 is 11.2 Å². The van der Waals surface area contributed by atoms with Gasteiger partial charge in [0.2, 0.25) is 0 Å². The fourth-order valence-corrected chi connectivity index (χ4v) is 3.00. The van der Waals surface area contributed by atoms with E-state index in [1.807, 2.05) is 36.4 Å². The van der Waals surface area contributed by atoms with Gasteiger partial charge in [-0.25, -0.2) is 14.8 Å². The molecule has 0 amide bonds. The Morgan fingerprint density at radius 1 is 1.24 bits per heavy atom. The molecule has 0 unspecified atom stereocenters. The van der Waals surface area contributed by atoms with E-state index in [1.54, 1.807) is 29.9 Å². The Labute approximate surface area is 142 Å². The van der Waals surface area contributed by atoms with Crippen LogP contribution < -0.4 is 26.1 Å². The number of imidazole rings is 1. The van der Waals surface area contributed by atoms with Crippen LogP contribution in [0, 0.1) is 18.3 Å². The summed E-state index contributed by atoms with van der Waals surface area (Å²) in [4.78, 5) is 19.2. The van der Waals surface area contributed by atoms with E-state index < -0.39 is 0 Å². The summed E-state index contributed by atoms with van der Waals surface area (Å²) in [6.07, 6.45) is 5.24. The number of para-hydroxylation sites is 2. The molecule has 6 nitrogen and oxygen atoms in total. The first-order chi connectivity index (χ1) is 12.2. The second kappa shape index (κ2) is 5.73. The first-order valence-electron chi connectivity index (χ1n) is 7.82. The topological polar surface area (TPSA) is 85.6 Å². The summed E-state index contributed by atoms with van der Waals surface area (Å²) in [6, 6.07) is 13.5. The highest BCUT2D eigenvalue weighted by Crippen LogP contribution is 2.13. The molecule has 1 aromatic carbocycles. The van der Waals surface area contributed by atoms with Crippen molar-refractivity contribution in [3.63, 3.8) is 0 Å². The molecule has 0 radical (unpaired) electrons. The summed E-state index contributed by atoms with van der Waals surface area (Å²) >= 11 is 0. The predicted molar refractivity (Wildman–Crippen MR) is 93.5 cm³/mol. The van der Waals surface area contributed by atoms with Crippen molar-refractivity contribution in [2.24, 2.45) is 0 Å². The number of nitrogens with zero attached hydrogens (tertiary/aromatic N) is 2. The molecule has 4 rings (SSSR count). The molecule has 0 aliphatic rings. The van der Waals surface area contributed by atoms with Crippen LogP contribution in [0.1, 0.15) is 11.1 Å². The number of H-pyrrole nitrogens is 2. The average Bonchev–Trinajstić information content (AvgIpc) is 3.02. The third kappa shape index (κ3) is 2.30. The Kier molecular flexibility index (Phi) is 3.40. The standard InChI is InChI=1S/C19H13N5O/c1-12-14(9-20)18-23-16-6-2-3-7-17(16)24(18)19(25)15(12)11-22-13-5-4-8-21-10-13/h2-8,10-11,22H,1H3/p+2. The molecule has 0 saturated carbocycles. The smallest absolute Gasteiger partial charge is 0.348 e. The summed E-state index contributed by atoms with van der Waals surface area (Å²) in [5, 5.41) is 13.2. The van der Waals surface area contributed by atoms with E-state index in [0.717, 1.165) is 16.7 Å². The fourth-order valence-electron chi connectivity index (χ4n) is 3.00. The van der Waals surface area contributed by atoms with Crippen LogP contribution in [0.4, 0.5) is 5.69 Å². The molecule has 3 aromatic heterocycles. The molecule has 0 saturated heterocycles. The van der Waals surface area contributed by atoms with Crippen LogP contribution in [0.3, 0.4) is 0 Å². The molecule has 0 bridgehead atoms. The maximum atomic E-state index is 13.1. The zero-order valence-electron chi connectivity index (χ0n) is 13.5. The van der Waals surface area contributed by atoms with E-state index in [-0.39, 0.29) is 5.56 Å². The number of benzene rings is 1. The van der Waals surface area contributed by atoms with Gasteiger partial charge in [0.05, 0.1) is 5.22 Å².